The van der Waals surface area contributed by atoms with Crippen LogP contribution in [0.3, 0.4) is 0 Å². The summed E-state index contributed by atoms with van der Waals surface area (Å²) in [6, 6.07) is 5.07. The van der Waals surface area contributed by atoms with E-state index in [2.05, 4.69) is 25.4 Å². The summed E-state index contributed by atoms with van der Waals surface area (Å²) in [5.41, 5.74) is 6.96. The maximum absolute atomic E-state index is 13.4. The zero-order valence-corrected chi connectivity index (χ0v) is 18.3. The van der Waals surface area contributed by atoms with Gasteiger partial charge >= 0.3 is 0 Å². The first-order chi connectivity index (χ1) is 15.5. The number of hydrogen-bond donors (Lipinski definition) is 2. The fourth-order valence-electron chi connectivity index (χ4n) is 3.78. The first-order valence-corrected chi connectivity index (χ1v) is 10.7. The third-order valence-corrected chi connectivity index (χ3v) is 5.78. The van der Waals surface area contributed by atoms with E-state index in [1.54, 1.807) is 29.7 Å². The van der Waals surface area contributed by atoms with Gasteiger partial charge in [0, 0.05) is 6.04 Å². The second-order valence-corrected chi connectivity index (χ2v) is 8.15. The Labute approximate surface area is 187 Å². The van der Waals surface area contributed by atoms with E-state index in [0.29, 0.717) is 45.4 Å². The van der Waals surface area contributed by atoms with Crippen LogP contribution in [-0.2, 0) is 0 Å². The number of rotatable bonds is 6. The largest absolute Gasteiger partial charge is 0.383 e. The zero-order chi connectivity index (χ0) is 22.4. The predicted octanol–water partition coefficient (Wildman–Crippen LogP) is 3.68. The van der Waals surface area contributed by atoms with Gasteiger partial charge < -0.3 is 15.6 Å². The Morgan fingerprint density at radius 1 is 1.31 bits per heavy atom. The molecule has 3 heterocycles. The maximum Gasteiger partial charge on any atom is 0.265 e. The van der Waals surface area contributed by atoms with Crippen LogP contribution in [-0.4, -0.2) is 29.7 Å². The van der Waals surface area contributed by atoms with Gasteiger partial charge in [0.1, 0.15) is 29.4 Å². The van der Waals surface area contributed by atoms with Crippen molar-refractivity contribution in [2.75, 3.05) is 11.1 Å². The number of nitrogens with zero attached hydrogens (tertiary/aromatic N) is 6. The number of hydrogen-bond acceptors (Lipinski definition) is 9. The molecule has 10 nitrogen and oxygen atoms in total. The van der Waals surface area contributed by atoms with Gasteiger partial charge in [-0.15, -0.1) is 0 Å². The molecule has 1 aliphatic rings. The van der Waals surface area contributed by atoms with E-state index in [1.165, 1.54) is 6.33 Å². The quantitative estimate of drug-likeness (QED) is 0.448. The molecule has 0 aliphatic heterocycles. The van der Waals surface area contributed by atoms with Crippen molar-refractivity contribution in [3.05, 3.63) is 51.6 Å². The van der Waals surface area contributed by atoms with E-state index < -0.39 is 0 Å². The molecule has 1 aliphatic carbocycles. The van der Waals surface area contributed by atoms with Crippen LogP contribution in [0, 0.1) is 6.92 Å². The molecule has 11 heteroatoms. The minimum atomic E-state index is -0.330. The summed E-state index contributed by atoms with van der Waals surface area (Å²) in [6.45, 7) is 3.72. The highest BCUT2D eigenvalue weighted by Crippen LogP contribution is 2.38. The average Bonchev–Trinajstić information content (AvgIpc) is 3.51. The van der Waals surface area contributed by atoms with Gasteiger partial charge in [-0.2, -0.15) is 4.98 Å². The van der Waals surface area contributed by atoms with Crippen LogP contribution in [0.4, 0.5) is 11.6 Å². The fourth-order valence-corrected chi connectivity index (χ4v) is 4.03. The standard InChI is InChI=1S/C21H21ClN8O2/c1-3-13(27-18-16(17(23)24-9-25-18)20-26-10(2)29-32-20)19-28-14-6-4-5-12(22)15(14)21(31)30(19)11-7-8-11/h4-6,9,11,13H,3,7-8H2,1-2H3,(H3,23,24,25,27). The van der Waals surface area contributed by atoms with Crippen molar-refractivity contribution in [1.82, 2.24) is 29.7 Å². The summed E-state index contributed by atoms with van der Waals surface area (Å²) < 4.78 is 7.07. The molecule has 1 saturated carbocycles. The smallest absolute Gasteiger partial charge is 0.265 e. The Morgan fingerprint density at radius 3 is 2.81 bits per heavy atom. The third kappa shape index (κ3) is 3.46. The topological polar surface area (TPSA) is 138 Å². The predicted molar refractivity (Wildman–Crippen MR) is 120 cm³/mol. The van der Waals surface area contributed by atoms with Gasteiger partial charge in [-0.05, 0) is 38.3 Å². The summed E-state index contributed by atoms with van der Waals surface area (Å²) in [6.07, 6.45) is 3.85. The molecule has 0 radical (unpaired) electrons. The highest BCUT2D eigenvalue weighted by molar-refractivity contribution is 6.35. The first kappa shape index (κ1) is 20.4. The molecule has 5 rings (SSSR count). The summed E-state index contributed by atoms with van der Waals surface area (Å²) in [5, 5.41) is 8.05. The molecule has 1 fully saturated rings. The first-order valence-electron chi connectivity index (χ1n) is 10.4. The zero-order valence-electron chi connectivity index (χ0n) is 17.5. The summed E-state index contributed by atoms with van der Waals surface area (Å²) >= 11 is 6.34. The number of benzene rings is 1. The van der Waals surface area contributed by atoms with Crippen molar-refractivity contribution < 1.29 is 4.52 Å². The average molecular weight is 453 g/mol. The van der Waals surface area contributed by atoms with Crippen molar-refractivity contribution in [2.45, 2.75) is 45.2 Å². The van der Waals surface area contributed by atoms with Crippen molar-refractivity contribution >= 4 is 34.1 Å². The van der Waals surface area contributed by atoms with Crippen LogP contribution in [0.2, 0.25) is 5.02 Å². The lowest BCUT2D eigenvalue weighted by Crippen LogP contribution is -2.29. The number of nitrogen functional groups attached to an aromatic ring is 1. The van der Waals surface area contributed by atoms with Gasteiger partial charge in [0.15, 0.2) is 5.82 Å². The molecule has 4 aromatic rings. The number of nitrogens with two attached hydrogens (primary N) is 1. The summed E-state index contributed by atoms with van der Waals surface area (Å²) in [7, 11) is 0. The normalized spacial score (nSPS) is 14.6. The molecule has 1 aromatic carbocycles. The van der Waals surface area contributed by atoms with Crippen LogP contribution in [0.15, 0.2) is 33.8 Å². The molecule has 0 bridgehead atoms. The molecular formula is C21H21ClN8O2. The Kier molecular flexibility index (Phi) is 5.01. The van der Waals surface area contributed by atoms with E-state index in [4.69, 9.17) is 26.8 Å². The van der Waals surface area contributed by atoms with Crippen LogP contribution < -0.4 is 16.6 Å². The van der Waals surface area contributed by atoms with Crippen LogP contribution in [0.1, 0.15) is 49.9 Å². The van der Waals surface area contributed by atoms with E-state index in [-0.39, 0.29) is 29.4 Å². The maximum atomic E-state index is 13.4. The van der Waals surface area contributed by atoms with Gasteiger partial charge in [-0.3, -0.25) is 9.36 Å². The van der Waals surface area contributed by atoms with E-state index >= 15 is 0 Å². The minimum Gasteiger partial charge on any atom is -0.383 e. The molecule has 0 spiro atoms. The monoisotopic (exact) mass is 452 g/mol. The van der Waals surface area contributed by atoms with E-state index in [0.717, 1.165) is 12.8 Å². The lowest BCUT2D eigenvalue weighted by molar-refractivity contribution is 0.425. The summed E-state index contributed by atoms with van der Waals surface area (Å²) in [4.78, 5) is 30.9. The highest BCUT2D eigenvalue weighted by atomic mass is 35.5. The lowest BCUT2D eigenvalue weighted by atomic mass is 10.1. The molecule has 0 amide bonds. The SMILES string of the molecule is CCC(Nc1ncnc(N)c1-c1nc(C)no1)c1nc2cccc(Cl)c2c(=O)n1C1CC1. The second-order valence-electron chi connectivity index (χ2n) is 7.74. The van der Waals surface area contributed by atoms with Crippen LogP contribution >= 0.6 is 11.6 Å². The summed E-state index contributed by atoms with van der Waals surface area (Å²) in [5.74, 6) is 1.95. The molecule has 164 valence electrons. The van der Waals surface area contributed by atoms with Crippen molar-refractivity contribution in [1.29, 1.82) is 0 Å². The third-order valence-electron chi connectivity index (χ3n) is 5.47. The Balaban J connectivity index is 1.64. The lowest BCUT2D eigenvalue weighted by Gasteiger charge is -2.23. The molecular weight excluding hydrogens is 432 g/mol. The number of aryl methyl sites for hydroxylation is 1. The number of nitrogens with one attached hydrogen (secondary N) is 1. The second kappa shape index (κ2) is 7.86. The number of halogens is 1. The van der Waals surface area contributed by atoms with Crippen LogP contribution in [0.25, 0.3) is 22.4 Å². The van der Waals surface area contributed by atoms with Crippen LogP contribution in [0.5, 0.6) is 0 Å². The molecule has 1 unspecified atom stereocenters. The number of fused-ring (bicyclic) bond motifs is 1. The van der Waals surface area contributed by atoms with Gasteiger partial charge in [-0.25, -0.2) is 15.0 Å². The van der Waals surface area contributed by atoms with Crippen molar-refractivity contribution in [3.8, 4) is 11.5 Å². The van der Waals surface area contributed by atoms with Crippen molar-refractivity contribution in [3.63, 3.8) is 0 Å². The fraction of sp³-hybridized carbons (Fsp3) is 0.333. The molecule has 1 atom stereocenters. The van der Waals surface area contributed by atoms with Gasteiger partial charge in [0.2, 0.25) is 0 Å². The Bertz CT molecular complexity index is 1380. The Morgan fingerprint density at radius 2 is 2.12 bits per heavy atom. The molecule has 0 saturated heterocycles. The van der Waals surface area contributed by atoms with E-state index in [1.807, 2.05) is 6.92 Å². The molecule has 32 heavy (non-hydrogen) atoms. The van der Waals surface area contributed by atoms with Gasteiger partial charge in [-0.1, -0.05) is 29.7 Å². The Hall–Kier alpha value is -3.53. The number of aromatic nitrogens is 6. The molecule has 3 aromatic heterocycles. The minimum absolute atomic E-state index is 0.107. The van der Waals surface area contributed by atoms with E-state index in [9.17, 15) is 4.79 Å². The van der Waals surface area contributed by atoms with Gasteiger partial charge in [0.25, 0.3) is 11.4 Å². The van der Waals surface area contributed by atoms with Gasteiger partial charge in [0.05, 0.1) is 22.0 Å². The molecule has 3 N–H and O–H groups in total. The highest BCUT2D eigenvalue weighted by Gasteiger charge is 2.32. The van der Waals surface area contributed by atoms with Crippen molar-refractivity contribution in [2.24, 2.45) is 0 Å². The number of anilines is 2.